The van der Waals surface area contributed by atoms with Crippen LogP contribution in [0.2, 0.25) is 0 Å². The molecule has 5 nitrogen and oxygen atoms in total. The van der Waals surface area contributed by atoms with Gasteiger partial charge in [0.2, 0.25) is 0 Å². The summed E-state index contributed by atoms with van der Waals surface area (Å²) >= 11 is 0. The number of hydrogen-bond acceptors (Lipinski definition) is 4. The van der Waals surface area contributed by atoms with Gasteiger partial charge in [0.15, 0.2) is 11.5 Å². The van der Waals surface area contributed by atoms with E-state index in [1.807, 2.05) is 25.1 Å². The first-order valence-electron chi connectivity index (χ1n) is 7.72. The molecule has 0 unspecified atom stereocenters. The van der Waals surface area contributed by atoms with Gasteiger partial charge in [-0.15, -0.1) is 0 Å². The number of ether oxygens (including phenoxy) is 2. The molecule has 1 heterocycles. The van der Waals surface area contributed by atoms with Crippen LogP contribution in [-0.4, -0.2) is 19.6 Å². The average Bonchev–Trinajstić information content (AvgIpc) is 2.98. The van der Waals surface area contributed by atoms with Crippen molar-refractivity contribution >= 4 is 5.91 Å². The molecule has 0 aliphatic carbocycles. The van der Waals surface area contributed by atoms with Crippen molar-refractivity contribution in [1.29, 1.82) is 0 Å². The zero-order chi connectivity index (χ0) is 16.8. The van der Waals surface area contributed by atoms with Gasteiger partial charge in [-0.1, -0.05) is 13.0 Å². The largest absolute Gasteiger partial charge is 0.493 e. The lowest BCUT2D eigenvalue weighted by Gasteiger charge is -2.17. The molecule has 1 N–H and O–H groups in total. The Morgan fingerprint density at radius 1 is 1.30 bits per heavy atom. The number of aryl methyl sites for hydroxylation is 1. The Labute approximate surface area is 136 Å². The van der Waals surface area contributed by atoms with Crippen molar-refractivity contribution in [2.45, 2.75) is 33.2 Å². The SMILES string of the molecule is CCCOc1ccc([C@@H](C)NC(=O)c2ccoc2C)cc1OC. The minimum absolute atomic E-state index is 0.158. The molecule has 0 saturated heterocycles. The van der Waals surface area contributed by atoms with Gasteiger partial charge in [-0.3, -0.25) is 4.79 Å². The lowest BCUT2D eigenvalue weighted by Crippen LogP contribution is -2.26. The minimum atomic E-state index is -0.161. The van der Waals surface area contributed by atoms with Crippen molar-refractivity contribution in [2.75, 3.05) is 13.7 Å². The van der Waals surface area contributed by atoms with Crippen LogP contribution in [0.1, 0.15) is 48.0 Å². The lowest BCUT2D eigenvalue weighted by atomic mass is 10.1. The molecule has 0 spiro atoms. The topological polar surface area (TPSA) is 60.7 Å². The average molecular weight is 317 g/mol. The molecule has 5 heteroatoms. The van der Waals surface area contributed by atoms with Crippen LogP contribution >= 0.6 is 0 Å². The number of furan rings is 1. The second kappa shape index (κ2) is 7.72. The Bertz CT molecular complexity index is 663. The molecule has 23 heavy (non-hydrogen) atoms. The Hall–Kier alpha value is -2.43. The summed E-state index contributed by atoms with van der Waals surface area (Å²) in [5.41, 5.74) is 1.49. The van der Waals surface area contributed by atoms with Crippen LogP contribution < -0.4 is 14.8 Å². The fourth-order valence-corrected chi connectivity index (χ4v) is 2.26. The summed E-state index contributed by atoms with van der Waals surface area (Å²) in [5, 5.41) is 2.96. The highest BCUT2D eigenvalue weighted by atomic mass is 16.5. The van der Waals surface area contributed by atoms with E-state index < -0.39 is 0 Å². The molecule has 2 aromatic rings. The van der Waals surface area contributed by atoms with Crippen LogP contribution in [0.3, 0.4) is 0 Å². The van der Waals surface area contributed by atoms with Gasteiger partial charge in [0, 0.05) is 0 Å². The summed E-state index contributed by atoms with van der Waals surface area (Å²) in [6, 6.07) is 7.19. The van der Waals surface area contributed by atoms with Crippen molar-refractivity contribution < 1.29 is 18.7 Å². The zero-order valence-electron chi connectivity index (χ0n) is 14.0. The molecule has 0 aliphatic rings. The van der Waals surface area contributed by atoms with Crippen LogP contribution in [0.4, 0.5) is 0 Å². The van der Waals surface area contributed by atoms with Gasteiger partial charge < -0.3 is 19.2 Å². The molecule has 0 aliphatic heterocycles. The summed E-state index contributed by atoms with van der Waals surface area (Å²) in [4.78, 5) is 12.2. The zero-order valence-corrected chi connectivity index (χ0v) is 14.0. The van der Waals surface area contributed by atoms with Crippen LogP contribution in [0.25, 0.3) is 0 Å². The van der Waals surface area contributed by atoms with Gasteiger partial charge in [0.05, 0.1) is 31.6 Å². The van der Waals surface area contributed by atoms with E-state index in [9.17, 15) is 4.79 Å². The number of methoxy groups -OCH3 is 1. The number of hydrogen-bond donors (Lipinski definition) is 1. The minimum Gasteiger partial charge on any atom is -0.493 e. The first kappa shape index (κ1) is 16.9. The van der Waals surface area contributed by atoms with E-state index in [0.29, 0.717) is 29.4 Å². The van der Waals surface area contributed by atoms with Crippen molar-refractivity contribution in [3.05, 3.63) is 47.4 Å². The van der Waals surface area contributed by atoms with Gasteiger partial charge in [0.25, 0.3) is 5.91 Å². The van der Waals surface area contributed by atoms with Crippen LogP contribution in [0, 0.1) is 6.92 Å². The normalized spacial score (nSPS) is 11.8. The number of carbonyl (C=O) groups is 1. The predicted molar refractivity (Wildman–Crippen MR) is 88.1 cm³/mol. The molecule has 0 fully saturated rings. The summed E-state index contributed by atoms with van der Waals surface area (Å²) in [6.45, 7) is 6.38. The smallest absolute Gasteiger partial charge is 0.255 e. The molecule has 0 radical (unpaired) electrons. The Morgan fingerprint density at radius 3 is 2.70 bits per heavy atom. The second-order valence-corrected chi connectivity index (χ2v) is 5.34. The number of carbonyl (C=O) groups excluding carboxylic acids is 1. The Morgan fingerprint density at radius 2 is 2.09 bits per heavy atom. The fourth-order valence-electron chi connectivity index (χ4n) is 2.26. The molecule has 1 amide bonds. The van der Waals surface area contributed by atoms with Crippen LogP contribution in [-0.2, 0) is 0 Å². The maximum absolute atomic E-state index is 12.2. The fraction of sp³-hybridized carbons (Fsp3) is 0.389. The van der Waals surface area contributed by atoms with E-state index in [1.54, 1.807) is 20.1 Å². The van der Waals surface area contributed by atoms with Crippen molar-refractivity contribution in [3.63, 3.8) is 0 Å². The van der Waals surface area contributed by atoms with Gasteiger partial charge in [-0.2, -0.15) is 0 Å². The summed E-state index contributed by atoms with van der Waals surface area (Å²) in [5.74, 6) is 1.82. The number of rotatable bonds is 7. The maximum Gasteiger partial charge on any atom is 0.255 e. The molecular weight excluding hydrogens is 294 g/mol. The third-order valence-electron chi connectivity index (χ3n) is 3.60. The van der Waals surface area contributed by atoms with Crippen molar-refractivity contribution in [3.8, 4) is 11.5 Å². The van der Waals surface area contributed by atoms with Gasteiger partial charge in [-0.25, -0.2) is 0 Å². The quantitative estimate of drug-likeness (QED) is 0.842. The summed E-state index contributed by atoms with van der Waals surface area (Å²) in [7, 11) is 1.61. The van der Waals surface area contributed by atoms with Gasteiger partial charge in [-0.05, 0) is 44.0 Å². The highest BCUT2D eigenvalue weighted by Crippen LogP contribution is 2.30. The van der Waals surface area contributed by atoms with E-state index in [1.165, 1.54) is 6.26 Å². The van der Waals surface area contributed by atoms with Crippen LogP contribution in [0.5, 0.6) is 11.5 Å². The van der Waals surface area contributed by atoms with Crippen molar-refractivity contribution in [1.82, 2.24) is 5.32 Å². The third kappa shape index (κ3) is 4.06. The van der Waals surface area contributed by atoms with E-state index in [-0.39, 0.29) is 11.9 Å². The monoisotopic (exact) mass is 317 g/mol. The number of nitrogens with one attached hydrogen (secondary N) is 1. The second-order valence-electron chi connectivity index (χ2n) is 5.34. The van der Waals surface area contributed by atoms with E-state index in [0.717, 1.165) is 12.0 Å². The lowest BCUT2D eigenvalue weighted by molar-refractivity contribution is 0.0938. The van der Waals surface area contributed by atoms with Crippen molar-refractivity contribution in [2.24, 2.45) is 0 Å². The van der Waals surface area contributed by atoms with Gasteiger partial charge in [0.1, 0.15) is 5.76 Å². The number of benzene rings is 1. The standard InChI is InChI=1S/C18H23NO4/c1-5-9-23-16-7-6-14(11-17(16)21-4)12(2)19-18(20)15-8-10-22-13(15)3/h6-8,10-12H,5,9H2,1-4H3,(H,19,20)/t12-/m1/s1. The molecule has 0 bridgehead atoms. The third-order valence-corrected chi connectivity index (χ3v) is 3.60. The first-order chi connectivity index (χ1) is 11.1. The highest BCUT2D eigenvalue weighted by molar-refractivity contribution is 5.95. The molecule has 1 atom stereocenters. The Balaban J connectivity index is 2.11. The molecule has 0 saturated carbocycles. The summed E-state index contributed by atoms with van der Waals surface area (Å²) in [6.07, 6.45) is 2.44. The van der Waals surface area contributed by atoms with E-state index in [4.69, 9.17) is 13.9 Å². The molecular formula is C18H23NO4. The first-order valence-corrected chi connectivity index (χ1v) is 7.72. The van der Waals surface area contributed by atoms with E-state index in [2.05, 4.69) is 12.2 Å². The predicted octanol–water partition coefficient (Wildman–Crippen LogP) is 3.88. The molecule has 124 valence electrons. The van der Waals surface area contributed by atoms with Gasteiger partial charge >= 0.3 is 0 Å². The molecule has 1 aromatic carbocycles. The Kier molecular flexibility index (Phi) is 5.68. The number of amides is 1. The maximum atomic E-state index is 12.2. The van der Waals surface area contributed by atoms with E-state index >= 15 is 0 Å². The molecule has 1 aromatic heterocycles. The van der Waals surface area contributed by atoms with Crippen LogP contribution in [0.15, 0.2) is 34.9 Å². The summed E-state index contributed by atoms with van der Waals surface area (Å²) < 4.78 is 16.2. The highest BCUT2D eigenvalue weighted by Gasteiger charge is 2.16. The molecule has 2 rings (SSSR count).